The second-order valence-corrected chi connectivity index (χ2v) is 8.21. The van der Waals surface area contributed by atoms with Crippen molar-refractivity contribution in [1.82, 2.24) is 29.5 Å². The number of carboxylic acid groups (broad SMARTS) is 2. The summed E-state index contributed by atoms with van der Waals surface area (Å²) >= 11 is 0. The minimum Gasteiger partial charge on any atom is -0.475 e. The molecule has 0 radical (unpaired) electrons. The fourth-order valence-electron chi connectivity index (χ4n) is 3.08. The summed E-state index contributed by atoms with van der Waals surface area (Å²) in [5.74, 6) is -3.60. The van der Waals surface area contributed by atoms with E-state index in [9.17, 15) is 31.1 Å². The molecule has 1 saturated carbocycles. The second-order valence-electron chi connectivity index (χ2n) is 8.21. The van der Waals surface area contributed by atoms with Crippen LogP contribution in [0.1, 0.15) is 34.7 Å². The zero-order valence-corrected chi connectivity index (χ0v) is 19.4. The van der Waals surface area contributed by atoms with Crippen LogP contribution in [-0.2, 0) is 36.3 Å². The number of carbonyl (C=O) groups is 3. The quantitative estimate of drug-likeness (QED) is 0.488. The fourth-order valence-corrected chi connectivity index (χ4v) is 3.08. The first-order chi connectivity index (χ1) is 17.1. The highest BCUT2D eigenvalue weighted by molar-refractivity contribution is 5.93. The molecule has 11 nitrogen and oxygen atoms in total. The predicted octanol–water partition coefficient (Wildman–Crippen LogP) is 2.04. The summed E-state index contributed by atoms with van der Waals surface area (Å²) in [6.45, 7) is 4.68. The number of imidazole rings is 1. The Morgan fingerprint density at radius 1 is 1.03 bits per heavy atom. The van der Waals surface area contributed by atoms with Gasteiger partial charge in [-0.2, -0.15) is 31.4 Å². The van der Waals surface area contributed by atoms with E-state index < -0.39 is 24.3 Å². The minimum absolute atomic E-state index is 0.112. The second kappa shape index (κ2) is 12.1. The number of aryl methyl sites for hydroxylation is 1. The molecule has 0 unspecified atom stereocenters. The Morgan fingerprint density at radius 2 is 1.59 bits per heavy atom. The van der Waals surface area contributed by atoms with Crippen LogP contribution in [0.4, 0.5) is 26.3 Å². The van der Waals surface area contributed by atoms with E-state index >= 15 is 0 Å². The molecule has 3 heterocycles. The molecule has 2 aromatic rings. The van der Waals surface area contributed by atoms with Gasteiger partial charge in [-0.05, 0) is 18.8 Å². The van der Waals surface area contributed by atoms with Gasteiger partial charge in [0.05, 0.1) is 30.5 Å². The summed E-state index contributed by atoms with van der Waals surface area (Å²) in [7, 11) is 1.80. The summed E-state index contributed by atoms with van der Waals surface area (Å²) < 4.78 is 67.3. The summed E-state index contributed by atoms with van der Waals surface area (Å²) in [4.78, 5) is 37.0. The van der Waals surface area contributed by atoms with Gasteiger partial charge in [0.25, 0.3) is 5.91 Å². The van der Waals surface area contributed by atoms with Crippen LogP contribution in [0.2, 0.25) is 0 Å². The number of nitrogens with zero attached hydrogens (tertiary/aromatic N) is 5. The first-order valence-corrected chi connectivity index (χ1v) is 10.7. The van der Waals surface area contributed by atoms with E-state index in [1.165, 1.54) is 19.4 Å². The number of carboxylic acids is 2. The molecule has 0 atom stereocenters. The summed E-state index contributed by atoms with van der Waals surface area (Å²) in [5.41, 5.74) is 1.50. The number of aromatic nitrogens is 4. The van der Waals surface area contributed by atoms with Crippen LogP contribution in [0.25, 0.3) is 0 Å². The number of carbonyl (C=O) groups excluding carboxylic acids is 1. The van der Waals surface area contributed by atoms with E-state index in [2.05, 4.69) is 31.1 Å². The lowest BCUT2D eigenvalue weighted by Crippen LogP contribution is -2.34. The minimum atomic E-state index is -5.08. The Labute approximate surface area is 205 Å². The Hall–Kier alpha value is -3.63. The number of aliphatic carboxylic acids is 2. The van der Waals surface area contributed by atoms with Gasteiger partial charge in [-0.15, -0.1) is 0 Å². The van der Waals surface area contributed by atoms with Crippen molar-refractivity contribution >= 4 is 17.8 Å². The molecule has 4 rings (SSSR count). The largest absolute Gasteiger partial charge is 0.490 e. The maximum Gasteiger partial charge on any atom is 0.490 e. The molecule has 0 bridgehead atoms. The van der Waals surface area contributed by atoms with Crippen molar-refractivity contribution in [3.63, 3.8) is 0 Å². The van der Waals surface area contributed by atoms with Gasteiger partial charge < -0.3 is 20.1 Å². The number of hydrogen-bond donors (Lipinski definition) is 3. The zero-order chi connectivity index (χ0) is 28.0. The standard InChI is InChI=1S/C16H22N6O.2C2HF3O2/c1-20-9-13(6-18-20)16(23)17-7-14-10-22-5-4-21(8-12-2-3-12)11-15(22)19-14;2*3-2(4,5)1(6)7/h6,9-10,12H,2-5,7-8,11H2,1H3,(H,17,23);2*(H,6,7). The molecule has 1 aliphatic heterocycles. The van der Waals surface area contributed by atoms with Crippen LogP contribution < -0.4 is 5.32 Å². The normalized spacial score (nSPS) is 15.4. The summed E-state index contributed by atoms with van der Waals surface area (Å²) in [5, 5.41) is 21.2. The number of rotatable bonds is 5. The highest BCUT2D eigenvalue weighted by atomic mass is 19.4. The maximum atomic E-state index is 12.0. The van der Waals surface area contributed by atoms with Crippen LogP contribution in [0.15, 0.2) is 18.6 Å². The molecule has 2 aromatic heterocycles. The molecule has 1 aliphatic carbocycles. The predicted molar refractivity (Wildman–Crippen MR) is 112 cm³/mol. The van der Waals surface area contributed by atoms with Crippen LogP contribution >= 0.6 is 0 Å². The Morgan fingerprint density at radius 3 is 2.05 bits per heavy atom. The third-order valence-corrected chi connectivity index (χ3v) is 5.03. The number of alkyl halides is 6. The zero-order valence-electron chi connectivity index (χ0n) is 19.4. The average molecular weight is 542 g/mol. The van der Waals surface area contributed by atoms with Crippen molar-refractivity contribution in [3.8, 4) is 0 Å². The van der Waals surface area contributed by atoms with Gasteiger partial charge in [0.1, 0.15) is 5.82 Å². The highest BCUT2D eigenvalue weighted by Crippen LogP contribution is 2.30. The average Bonchev–Trinajstić information content (AvgIpc) is 3.33. The molecule has 1 fully saturated rings. The number of hydrogen-bond acceptors (Lipinski definition) is 6. The summed E-state index contributed by atoms with van der Waals surface area (Å²) in [6.07, 6.45) is -2.05. The third-order valence-electron chi connectivity index (χ3n) is 5.03. The first-order valence-electron chi connectivity index (χ1n) is 10.7. The Kier molecular flexibility index (Phi) is 9.66. The van der Waals surface area contributed by atoms with Crippen LogP contribution in [0, 0.1) is 5.92 Å². The van der Waals surface area contributed by atoms with Gasteiger partial charge in [0.2, 0.25) is 0 Å². The van der Waals surface area contributed by atoms with Crippen molar-refractivity contribution in [2.45, 2.75) is 44.8 Å². The van der Waals surface area contributed by atoms with Gasteiger partial charge in [-0.1, -0.05) is 0 Å². The van der Waals surface area contributed by atoms with Crippen LogP contribution in [0.3, 0.4) is 0 Å². The van der Waals surface area contributed by atoms with Crippen molar-refractivity contribution in [2.24, 2.45) is 13.0 Å². The number of fused-ring (bicyclic) bond motifs is 1. The summed E-state index contributed by atoms with van der Waals surface area (Å²) in [6, 6.07) is 0. The molecule has 1 amide bonds. The van der Waals surface area contributed by atoms with Crippen molar-refractivity contribution in [2.75, 3.05) is 13.1 Å². The lowest BCUT2D eigenvalue weighted by Gasteiger charge is -2.27. The molecule has 2 aliphatic rings. The number of halogens is 6. The molecule has 0 saturated heterocycles. The first kappa shape index (κ1) is 29.6. The monoisotopic (exact) mass is 542 g/mol. The van der Waals surface area contributed by atoms with E-state index in [0.717, 1.165) is 37.1 Å². The lowest BCUT2D eigenvalue weighted by molar-refractivity contribution is -0.193. The Balaban J connectivity index is 0.000000286. The highest BCUT2D eigenvalue weighted by Gasteiger charge is 2.38. The third kappa shape index (κ3) is 10.1. The molecule has 206 valence electrons. The SMILES string of the molecule is Cn1cc(C(=O)NCc2cn3c(n2)CN(CC2CC2)CC3)cn1.O=C(O)C(F)(F)F.O=C(O)C(F)(F)F. The van der Waals surface area contributed by atoms with E-state index in [-0.39, 0.29) is 5.91 Å². The van der Waals surface area contributed by atoms with Crippen LogP contribution in [0.5, 0.6) is 0 Å². The molecule has 17 heteroatoms. The van der Waals surface area contributed by atoms with Gasteiger partial charge in [0, 0.05) is 39.1 Å². The molecular weight excluding hydrogens is 518 g/mol. The smallest absolute Gasteiger partial charge is 0.475 e. The van der Waals surface area contributed by atoms with Crippen molar-refractivity contribution < 1.29 is 50.9 Å². The molecule has 0 spiro atoms. The van der Waals surface area contributed by atoms with Gasteiger partial charge in [0.15, 0.2) is 0 Å². The van der Waals surface area contributed by atoms with E-state index in [1.807, 2.05) is 0 Å². The molecular formula is C20H24F6N6O5. The fraction of sp³-hybridized carbons (Fsp3) is 0.550. The number of amides is 1. The van der Waals surface area contributed by atoms with E-state index in [0.29, 0.717) is 12.1 Å². The van der Waals surface area contributed by atoms with Crippen LogP contribution in [-0.4, -0.2) is 77.7 Å². The van der Waals surface area contributed by atoms with Gasteiger partial charge >= 0.3 is 24.3 Å². The maximum absolute atomic E-state index is 12.0. The lowest BCUT2D eigenvalue weighted by atomic mass is 10.3. The topological polar surface area (TPSA) is 143 Å². The van der Waals surface area contributed by atoms with E-state index in [4.69, 9.17) is 19.8 Å². The molecule has 0 aromatic carbocycles. The molecule has 37 heavy (non-hydrogen) atoms. The molecule has 3 N–H and O–H groups in total. The van der Waals surface area contributed by atoms with E-state index in [1.54, 1.807) is 24.1 Å². The van der Waals surface area contributed by atoms with Gasteiger partial charge in [-0.25, -0.2) is 14.6 Å². The van der Waals surface area contributed by atoms with Gasteiger partial charge in [-0.3, -0.25) is 14.4 Å². The number of nitrogens with one attached hydrogen (secondary N) is 1. The Bertz CT molecular complexity index is 1070. The van der Waals surface area contributed by atoms with Crippen molar-refractivity contribution in [3.05, 3.63) is 35.7 Å². The van der Waals surface area contributed by atoms with Crippen molar-refractivity contribution in [1.29, 1.82) is 0 Å².